The van der Waals surface area contributed by atoms with Gasteiger partial charge in [0.15, 0.2) is 0 Å². The van der Waals surface area contributed by atoms with Crippen LogP contribution in [0.1, 0.15) is 16.8 Å². The number of carbonyl (C=O) groups is 2. The van der Waals surface area contributed by atoms with Crippen LogP contribution in [-0.2, 0) is 4.79 Å². The van der Waals surface area contributed by atoms with Crippen molar-refractivity contribution >= 4 is 17.6 Å². The average molecular weight is 250 g/mol. The number of likely N-dealkylation sites (tertiary alicyclic amines) is 1. The van der Waals surface area contributed by atoms with Gasteiger partial charge in [-0.1, -0.05) is 0 Å². The van der Waals surface area contributed by atoms with E-state index >= 15 is 0 Å². The minimum atomic E-state index is -1.10. The number of amides is 1. The molecule has 1 heterocycles. The maximum atomic E-state index is 12.1. The van der Waals surface area contributed by atoms with E-state index in [0.29, 0.717) is 11.3 Å². The van der Waals surface area contributed by atoms with Gasteiger partial charge in [-0.05, 0) is 24.3 Å². The van der Waals surface area contributed by atoms with Gasteiger partial charge < -0.3 is 20.8 Å². The van der Waals surface area contributed by atoms with Crippen molar-refractivity contribution in [2.45, 2.75) is 18.6 Å². The van der Waals surface area contributed by atoms with Crippen molar-refractivity contribution in [3.63, 3.8) is 0 Å². The lowest BCUT2D eigenvalue weighted by molar-refractivity contribution is -0.141. The SMILES string of the molecule is Nc1ccc(C(=O)N2CC(O)C[C@H]2C(=O)O)cc1. The molecular weight excluding hydrogens is 236 g/mol. The Morgan fingerprint density at radius 2 is 1.89 bits per heavy atom. The topological polar surface area (TPSA) is 104 Å². The molecule has 1 fully saturated rings. The third-order valence-electron chi connectivity index (χ3n) is 2.98. The highest BCUT2D eigenvalue weighted by molar-refractivity contribution is 5.97. The van der Waals surface area contributed by atoms with Crippen molar-refractivity contribution < 1.29 is 19.8 Å². The molecule has 1 aliphatic rings. The van der Waals surface area contributed by atoms with Gasteiger partial charge in [0.05, 0.1) is 6.10 Å². The zero-order valence-corrected chi connectivity index (χ0v) is 9.61. The zero-order valence-electron chi connectivity index (χ0n) is 9.61. The average Bonchev–Trinajstić information content (AvgIpc) is 2.71. The van der Waals surface area contributed by atoms with Crippen LogP contribution in [0.25, 0.3) is 0 Å². The molecule has 6 heteroatoms. The molecule has 1 unspecified atom stereocenters. The summed E-state index contributed by atoms with van der Waals surface area (Å²) in [5, 5.41) is 18.5. The Labute approximate surface area is 104 Å². The van der Waals surface area contributed by atoms with Crippen molar-refractivity contribution in [1.82, 2.24) is 4.90 Å². The van der Waals surface area contributed by atoms with Crippen LogP contribution in [0.15, 0.2) is 24.3 Å². The van der Waals surface area contributed by atoms with Gasteiger partial charge in [-0.25, -0.2) is 4.79 Å². The molecule has 18 heavy (non-hydrogen) atoms. The number of nitrogen functional groups attached to an aromatic ring is 1. The monoisotopic (exact) mass is 250 g/mol. The van der Waals surface area contributed by atoms with E-state index < -0.39 is 24.0 Å². The van der Waals surface area contributed by atoms with Crippen LogP contribution in [0.2, 0.25) is 0 Å². The Hall–Kier alpha value is -2.08. The lowest BCUT2D eigenvalue weighted by atomic mass is 10.1. The molecule has 0 spiro atoms. The van der Waals surface area contributed by atoms with Crippen LogP contribution < -0.4 is 5.73 Å². The van der Waals surface area contributed by atoms with E-state index in [1.165, 1.54) is 4.90 Å². The smallest absolute Gasteiger partial charge is 0.326 e. The summed E-state index contributed by atoms with van der Waals surface area (Å²) in [7, 11) is 0. The maximum absolute atomic E-state index is 12.1. The first-order valence-corrected chi connectivity index (χ1v) is 5.56. The fourth-order valence-electron chi connectivity index (χ4n) is 2.06. The number of hydrogen-bond acceptors (Lipinski definition) is 4. The summed E-state index contributed by atoms with van der Waals surface area (Å²) in [6.07, 6.45) is -0.723. The fraction of sp³-hybridized carbons (Fsp3) is 0.333. The van der Waals surface area contributed by atoms with Crippen molar-refractivity contribution in [2.75, 3.05) is 12.3 Å². The maximum Gasteiger partial charge on any atom is 0.326 e. The standard InChI is InChI=1S/C12H14N2O4/c13-8-3-1-7(2-4-8)11(16)14-6-9(15)5-10(14)12(17)18/h1-4,9-10,15H,5-6,13H2,(H,17,18)/t9?,10-/m0/s1. The number of carbonyl (C=O) groups excluding carboxylic acids is 1. The molecule has 96 valence electrons. The number of aliphatic hydroxyl groups is 1. The molecule has 1 aliphatic heterocycles. The number of benzene rings is 1. The third-order valence-corrected chi connectivity index (χ3v) is 2.98. The van der Waals surface area contributed by atoms with Gasteiger partial charge in [0, 0.05) is 24.2 Å². The first-order valence-electron chi connectivity index (χ1n) is 5.56. The Balaban J connectivity index is 2.22. The minimum absolute atomic E-state index is 0.0418. The number of carboxylic acid groups (broad SMARTS) is 1. The van der Waals surface area contributed by atoms with Gasteiger partial charge in [-0.3, -0.25) is 4.79 Å². The summed E-state index contributed by atoms with van der Waals surface area (Å²) >= 11 is 0. The van der Waals surface area contributed by atoms with Crippen LogP contribution >= 0.6 is 0 Å². The minimum Gasteiger partial charge on any atom is -0.480 e. The summed E-state index contributed by atoms with van der Waals surface area (Å²) in [6.45, 7) is 0.0418. The Kier molecular flexibility index (Phi) is 3.20. The summed E-state index contributed by atoms with van der Waals surface area (Å²) in [4.78, 5) is 24.3. The number of nitrogens with zero attached hydrogens (tertiary/aromatic N) is 1. The van der Waals surface area contributed by atoms with Crippen molar-refractivity contribution in [1.29, 1.82) is 0 Å². The number of aliphatic carboxylic acids is 1. The van der Waals surface area contributed by atoms with Gasteiger partial charge in [0.25, 0.3) is 5.91 Å². The first kappa shape index (κ1) is 12.4. The van der Waals surface area contributed by atoms with Crippen LogP contribution in [-0.4, -0.2) is 45.7 Å². The summed E-state index contributed by atoms with van der Waals surface area (Å²) in [5.41, 5.74) is 6.41. The lowest BCUT2D eigenvalue weighted by Crippen LogP contribution is -2.40. The Morgan fingerprint density at radius 3 is 2.44 bits per heavy atom. The fourth-order valence-corrected chi connectivity index (χ4v) is 2.06. The van der Waals surface area contributed by atoms with Gasteiger partial charge in [-0.2, -0.15) is 0 Å². The molecule has 2 atom stereocenters. The van der Waals surface area contributed by atoms with Gasteiger partial charge in [0.2, 0.25) is 0 Å². The Morgan fingerprint density at radius 1 is 1.28 bits per heavy atom. The number of nitrogens with two attached hydrogens (primary N) is 1. The van der Waals surface area contributed by atoms with E-state index in [1.807, 2.05) is 0 Å². The Bertz CT molecular complexity index is 471. The van der Waals surface area contributed by atoms with Crippen LogP contribution in [0.3, 0.4) is 0 Å². The van der Waals surface area contributed by atoms with Gasteiger partial charge in [0.1, 0.15) is 6.04 Å². The van der Waals surface area contributed by atoms with Crippen LogP contribution in [0.5, 0.6) is 0 Å². The van der Waals surface area contributed by atoms with E-state index in [2.05, 4.69) is 0 Å². The summed E-state index contributed by atoms with van der Waals surface area (Å²) in [5.74, 6) is -1.51. The predicted molar refractivity (Wildman–Crippen MR) is 63.9 cm³/mol. The molecule has 1 amide bonds. The number of rotatable bonds is 2. The summed E-state index contributed by atoms with van der Waals surface area (Å²) < 4.78 is 0. The highest BCUT2D eigenvalue weighted by Gasteiger charge is 2.39. The zero-order chi connectivity index (χ0) is 13.3. The normalized spacial score (nSPS) is 23.1. The summed E-state index contributed by atoms with van der Waals surface area (Å²) in [6, 6.07) is 5.28. The van der Waals surface area contributed by atoms with Gasteiger partial charge >= 0.3 is 5.97 Å². The molecule has 1 saturated heterocycles. The van der Waals surface area contributed by atoms with E-state index in [9.17, 15) is 14.7 Å². The van der Waals surface area contributed by atoms with Crippen LogP contribution in [0.4, 0.5) is 5.69 Å². The number of aliphatic hydroxyl groups excluding tert-OH is 1. The first-order chi connectivity index (χ1) is 8.49. The number of hydrogen-bond donors (Lipinski definition) is 3. The molecule has 6 nitrogen and oxygen atoms in total. The largest absolute Gasteiger partial charge is 0.480 e. The molecular formula is C12H14N2O4. The molecule has 0 bridgehead atoms. The molecule has 0 aliphatic carbocycles. The molecule has 4 N–H and O–H groups in total. The number of β-amino-alcohol motifs (C(OH)–C–C–N with tert-alkyl or cyclic N) is 1. The lowest BCUT2D eigenvalue weighted by Gasteiger charge is -2.21. The highest BCUT2D eigenvalue weighted by Crippen LogP contribution is 2.21. The van der Waals surface area contributed by atoms with E-state index in [1.54, 1.807) is 24.3 Å². The molecule has 0 radical (unpaired) electrons. The van der Waals surface area contributed by atoms with Gasteiger partial charge in [-0.15, -0.1) is 0 Å². The molecule has 0 aromatic heterocycles. The third kappa shape index (κ3) is 2.28. The molecule has 2 rings (SSSR count). The van der Waals surface area contributed by atoms with E-state index in [4.69, 9.17) is 10.8 Å². The predicted octanol–water partition coefficient (Wildman–Crippen LogP) is -0.0712. The van der Waals surface area contributed by atoms with Crippen molar-refractivity contribution in [3.8, 4) is 0 Å². The second-order valence-corrected chi connectivity index (χ2v) is 4.32. The van der Waals surface area contributed by atoms with E-state index in [-0.39, 0.29) is 13.0 Å². The van der Waals surface area contributed by atoms with Crippen molar-refractivity contribution in [2.24, 2.45) is 0 Å². The molecule has 1 aromatic carbocycles. The van der Waals surface area contributed by atoms with Crippen LogP contribution in [0, 0.1) is 0 Å². The molecule has 1 aromatic rings. The second kappa shape index (κ2) is 4.66. The highest BCUT2D eigenvalue weighted by atomic mass is 16.4. The second-order valence-electron chi connectivity index (χ2n) is 4.32. The number of carboxylic acids is 1. The molecule has 0 saturated carbocycles. The van der Waals surface area contributed by atoms with Crippen molar-refractivity contribution in [3.05, 3.63) is 29.8 Å². The number of anilines is 1. The quantitative estimate of drug-likeness (QED) is 0.637. The van der Waals surface area contributed by atoms with E-state index in [0.717, 1.165) is 0 Å².